The molecule has 0 fully saturated rings. The zero-order chi connectivity index (χ0) is 29.3. The molecule has 3 rings (SSSR count). The van der Waals surface area contributed by atoms with Crippen molar-refractivity contribution in [1.29, 1.82) is 0 Å². The molecule has 3 aromatic carbocycles. The number of nitrogens with zero attached hydrogens (tertiary/aromatic N) is 2. The highest BCUT2D eigenvalue weighted by Gasteiger charge is 2.34. The summed E-state index contributed by atoms with van der Waals surface area (Å²) >= 11 is 0. The maximum absolute atomic E-state index is 14.1. The number of hydrogen-bond acceptors (Lipinski definition) is 5. The molecule has 0 bridgehead atoms. The number of methoxy groups -OCH3 is 1. The third kappa shape index (κ3) is 7.63. The van der Waals surface area contributed by atoms with Crippen molar-refractivity contribution in [3.63, 3.8) is 0 Å². The molecule has 0 saturated carbocycles. The second-order valence-corrected chi connectivity index (χ2v) is 11.6. The van der Waals surface area contributed by atoms with Crippen LogP contribution in [0.2, 0.25) is 0 Å². The van der Waals surface area contributed by atoms with Gasteiger partial charge in [-0.05, 0) is 74.2 Å². The van der Waals surface area contributed by atoms with Gasteiger partial charge in [-0.1, -0.05) is 56.3 Å². The number of amides is 2. The Morgan fingerprint density at radius 2 is 1.62 bits per heavy atom. The van der Waals surface area contributed by atoms with Crippen molar-refractivity contribution >= 4 is 27.5 Å². The van der Waals surface area contributed by atoms with Gasteiger partial charge in [-0.2, -0.15) is 0 Å². The van der Waals surface area contributed by atoms with E-state index in [2.05, 4.69) is 5.32 Å². The molecule has 1 N–H and O–H groups in total. The zero-order valence-electron chi connectivity index (χ0n) is 23.8. The van der Waals surface area contributed by atoms with E-state index < -0.39 is 28.5 Å². The summed E-state index contributed by atoms with van der Waals surface area (Å²) in [7, 11) is -2.53. The zero-order valence-corrected chi connectivity index (χ0v) is 24.6. The Kier molecular flexibility index (Phi) is 10.7. The lowest BCUT2D eigenvalue weighted by Gasteiger charge is -2.33. The van der Waals surface area contributed by atoms with Gasteiger partial charge in [0.15, 0.2) is 0 Å². The Morgan fingerprint density at radius 3 is 2.25 bits per heavy atom. The molecule has 0 heterocycles. The Hall–Kier alpha value is -3.85. The molecule has 2 amide bonds. The Labute approximate surface area is 238 Å². The monoisotopic (exact) mass is 565 g/mol. The van der Waals surface area contributed by atoms with Crippen LogP contribution in [0.3, 0.4) is 0 Å². The first-order chi connectivity index (χ1) is 19.1. The second-order valence-electron chi connectivity index (χ2n) is 9.78. The summed E-state index contributed by atoms with van der Waals surface area (Å²) in [6, 6.07) is 21.4. The van der Waals surface area contributed by atoms with Crippen LogP contribution in [-0.2, 0) is 26.2 Å². The standard InChI is InChI=1S/C31H39N3O5S/c1-6-24(4)32-31(36)29(7-2)33(21-25-14-12-16-27(20-25)39-5)30(35)22-34(26-15-11-13-23(3)19-26)40(37,38)28-17-9-8-10-18-28/h8-20,24,29H,6-7,21-22H2,1-5H3,(H,32,36)/t24-,29-/m1/s1. The lowest BCUT2D eigenvalue weighted by molar-refractivity contribution is -0.140. The van der Waals surface area contributed by atoms with Crippen molar-refractivity contribution in [3.8, 4) is 5.75 Å². The fourth-order valence-corrected chi connectivity index (χ4v) is 5.79. The van der Waals surface area contributed by atoms with Gasteiger partial charge in [0.25, 0.3) is 10.0 Å². The summed E-state index contributed by atoms with van der Waals surface area (Å²) in [5, 5.41) is 2.98. The van der Waals surface area contributed by atoms with E-state index in [1.165, 1.54) is 17.0 Å². The summed E-state index contributed by atoms with van der Waals surface area (Å²) in [6.45, 7) is 7.21. The molecular formula is C31H39N3O5S. The number of hydrogen-bond donors (Lipinski definition) is 1. The highest BCUT2D eigenvalue weighted by molar-refractivity contribution is 7.92. The fourth-order valence-electron chi connectivity index (χ4n) is 4.36. The first-order valence-electron chi connectivity index (χ1n) is 13.5. The molecule has 0 aliphatic rings. The highest BCUT2D eigenvalue weighted by atomic mass is 32.2. The summed E-state index contributed by atoms with van der Waals surface area (Å²) in [5.41, 5.74) is 1.98. The van der Waals surface area contributed by atoms with Crippen molar-refractivity contribution in [1.82, 2.24) is 10.2 Å². The number of carbonyl (C=O) groups is 2. The quantitative estimate of drug-likeness (QED) is 0.317. The SMILES string of the molecule is CC[C@@H](C)NC(=O)[C@@H](CC)N(Cc1cccc(OC)c1)C(=O)CN(c1cccc(C)c1)S(=O)(=O)c1ccccc1. The van der Waals surface area contributed by atoms with E-state index >= 15 is 0 Å². The normalized spacial score (nSPS) is 12.7. The summed E-state index contributed by atoms with van der Waals surface area (Å²) in [4.78, 5) is 29.0. The molecule has 0 spiro atoms. The summed E-state index contributed by atoms with van der Waals surface area (Å²) in [5.74, 6) is -0.147. The van der Waals surface area contributed by atoms with Crippen LogP contribution in [0.1, 0.15) is 44.7 Å². The highest BCUT2D eigenvalue weighted by Crippen LogP contribution is 2.26. The molecule has 0 radical (unpaired) electrons. The Balaban J connectivity index is 2.06. The van der Waals surface area contributed by atoms with E-state index in [0.29, 0.717) is 17.9 Å². The van der Waals surface area contributed by atoms with Gasteiger partial charge >= 0.3 is 0 Å². The number of aryl methyl sites for hydroxylation is 1. The topological polar surface area (TPSA) is 96.0 Å². The number of benzene rings is 3. The van der Waals surface area contributed by atoms with Crippen LogP contribution in [0.25, 0.3) is 0 Å². The second kappa shape index (κ2) is 14.0. The lowest BCUT2D eigenvalue weighted by atomic mass is 10.1. The van der Waals surface area contributed by atoms with Crippen molar-refractivity contribution in [2.24, 2.45) is 0 Å². The van der Waals surface area contributed by atoms with Crippen molar-refractivity contribution in [3.05, 3.63) is 90.0 Å². The lowest BCUT2D eigenvalue weighted by Crippen LogP contribution is -2.53. The smallest absolute Gasteiger partial charge is 0.264 e. The first kappa shape index (κ1) is 30.7. The maximum atomic E-state index is 14.1. The average Bonchev–Trinajstić information content (AvgIpc) is 2.96. The van der Waals surface area contributed by atoms with Gasteiger partial charge in [-0.15, -0.1) is 0 Å². The molecule has 2 atom stereocenters. The molecule has 0 aliphatic carbocycles. The van der Waals surface area contributed by atoms with Crippen LogP contribution in [0.5, 0.6) is 5.75 Å². The maximum Gasteiger partial charge on any atom is 0.264 e. The van der Waals surface area contributed by atoms with Gasteiger partial charge in [0.2, 0.25) is 11.8 Å². The van der Waals surface area contributed by atoms with Crippen LogP contribution in [0.15, 0.2) is 83.8 Å². The van der Waals surface area contributed by atoms with E-state index in [4.69, 9.17) is 4.74 Å². The Morgan fingerprint density at radius 1 is 0.925 bits per heavy atom. The molecular weight excluding hydrogens is 526 g/mol. The van der Waals surface area contributed by atoms with Gasteiger partial charge in [0.05, 0.1) is 17.7 Å². The largest absolute Gasteiger partial charge is 0.497 e. The van der Waals surface area contributed by atoms with E-state index in [1.807, 2.05) is 45.9 Å². The van der Waals surface area contributed by atoms with Gasteiger partial charge in [-0.25, -0.2) is 8.42 Å². The molecule has 9 heteroatoms. The molecule has 214 valence electrons. The van der Waals surface area contributed by atoms with Crippen LogP contribution >= 0.6 is 0 Å². The number of rotatable bonds is 13. The molecule has 0 aliphatic heterocycles. The number of anilines is 1. The third-order valence-corrected chi connectivity index (χ3v) is 8.56. The number of ether oxygens (including phenoxy) is 1. The number of carbonyl (C=O) groups excluding carboxylic acids is 2. The predicted molar refractivity (Wildman–Crippen MR) is 158 cm³/mol. The number of nitrogens with one attached hydrogen (secondary N) is 1. The molecule has 0 aromatic heterocycles. The van der Waals surface area contributed by atoms with Crippen LogP contribution in [0.4, 0.5) is 5.69 Å². The molecule has 40 heavy (non-hydrogen) atoms. The van der Waals surface area contributed by atoms with Gasteiger partial charge in [0.1, 0.15) is 18.3 Å². The van der Waals surface area contributed by atoms with Crippen LogP contribution in [0, 0.1) is 6.92 Å². The predicted octanol–water partition coefficient (Wildman–Crippen LogP) is 4.92. The van der Waals surface area contributed by atoms with Crippen molar-refractivity contribution in [2.75, 3.05) is 18.0 Å². The third-order valence-electron chi connectivity index (χ3n) is 6.77. The molecule has 0 saturated heterocycles. The van der Waals surface area contributed by atoms with E-state index in [0.717, 1.165) is 21.9 Å². The molecule has 3 aromatic rings. The molecule has 0 unspecified atom stereocenters. The van der Waals surface area contributed by atoms with Crippen LogP contribution < -0.4 is 14.4 Å². The van der Waals surface area contributed by atoms with Crippen molar-refractivity contribution < 1.29 is 22.7 Å². The van der Waals surface area contributed by atoms with Gasteiger partial charge in [0, 0.05) is 12.6 Å². The minimum absolute atomic E-state index is 0.0717. The van der Waals surface area contributed by atoms with Gasteiger partial charge in [-0.3, -0.25) is 13.9 Å². The minimum atomic E-state index is -4.09. The molecule has 8 nitrogen and oxygen atoms in total. The fraction of sp³-hybridized carbons (Fsp3) is 0.355. The van der Waals surface area contributed by atoms with Crippen molar-refractivity contribution in [2.45, 2.75) is 64.1 Å². The average molecular weight is 566 g/mol. The van der Waals surface area contributed by atoms with E-state index in [9.17, 15) is 18.0 Å². The van der Waals surface area contributed by atoms with Gasteiger partial charge < -0.3 is 15.0 Å². The summed E-state index contributed by atoms with van der Waals surface area (Å²) < 4.78 is 34.2. The Bertz CT molecular complexity index is 1390. The van der Waals surface area contributed by atoms with Crippen LogP contribution in [-0.4, -0.2) is 50.9 Å². The summed E-state index contributed by atoms with van der Waals surface area (Å²) in [6.07, 6.45) is 1.09. The van der Waals surface area contributed by atoms with E-state index in [1.54, 1.807) is 55.6 Å². The minimum Gasteiger partial charge on any atom is -0.497 e. The first-order valence-corrected chi connectivity index (χ1v) is 14.9. The number of sulfonamides is 1. The van der Waals surface area contributed by atoms with E-state index in [-0.39, 0.29) is 23.4 Å².